The number of alkyl halides is 3. The summed E-state index contributed by atoms with van der Waals surface area (Å²) in [6.45, 7) is -0.0936. The summed E-state index contributed by atoms with van der Waals surface area (Å²) in [7, 11) is -2.88. The van der Waals surface area contributed by atoms with E-state index in [9.17, 15) is 26.4 Å². The largest absolute Gasteiger partial charge is 0.497 e. The first-order valence-corrected chi connectivity index (χ1v) is 10.9. The van der Waals surface area contributed by atoms with Gasteiger partial charge >= 0.3 is 6.18 Å². The van der Waals surface area contributed by atoms with E-state index in [1.54, 1.807) is 24.3 Å². The number of methoxy groups -OCH3 is 1. The van der Waals surface area contributed by atoms with Crippen molar-refractivity contribution in [3.05, 3.63) is 58.6 Å². The molecule has 1 heterocycles. The van der Waals surface area contributed by atoms with Crippen molar-refractivity contribution in [2.24, 2.45) is 5.92 Å². The maximum absolute atomic E-state index is 13.3. The molecule has 0 spiro atoms. The maximum atomic E-state index is 13.3. The van der Waals surface area contributed by atoms with Crippen LogP contribution in [-0.2, 0) is 16.2 Å². The zero-order chi connectivity index (χ0) is 22.1. The Kier molecular flexibility index (Phi) is 6.45. The summed E-state index contributed by atoms with van der Waals surface area (Å²) in [5.74, 6) is 0.0743. The van der Waals surface area contributed by atoms with E-state index in [4.69, 9.17) is 16.3 Å². The van der Waals surface area contributed by atoms with Crippen LogP contribution < -0.4 is 4.74 Å². The Morgan fingerprint density at radius 1 is 1.10 bits per heavy atom. The van der Waals surface area contributed by atoms with Crippen molar-refractivity contribution < 1.29 is 31.1 Å². The van der Waals surface area contributed by atoms with Crippen LogP contribution in [0.15, 0.2) is 47.4 Å². The lowest BCUT2D eigenvalue weighted by molar-refractivity contribution is -0.139. The molecule has 0 bridgehead atoms. The average molecular weight is 462 g/mol. The number of hydrogen-bond donors (Lipinski definition) is 0. The van der Waals surface area contributed by atoms with Gasteiger partial charge in [0.1, 0.15) is 5.75 Å². The predicted octanol–water partition coefficient (Wildman–Crippen LogP) is 4.65. The molecule has 0 saturated carbocycles. The minimum Gasteiger partial charge on any atom is -0.497 e. The van der Waals surface area contributed by atoms with E-state index in [-0.39, 0.29) is 36.7 Å². The third-order valence-electron chi connectivity index (χ3n) is 5.06. The van der Waals surface area contributed by atoms with E-state index in [1.807, 2.05) is 0 Å². The molecule has 2 aromatic rings. The van der Waals surface area contributed by atoms with E-state index < -0.39 is 32.6 Å². The fourth-order valence-electron chi connectivity index (χ4n) is 3.44. The highest BCUT2D eigenvalue weighted by Crippen LogP contribution is 2.37. The first-order valence-electron chi connectivity index (χ1n) is 9.09. The summed E-state index contributed by atoms with van der Waals surface area (Å²) in [5.41, 5.74) is -0.819. The van der Waals surface area contributed by atoms with Crippen LogP contribution in [0.3, 0.4) is 0 Å². The van der Waals surface area contributed by atoms with Crippen molar-refractivity contribution >= 4 is 27.4 Å². The number of rotatable bonds is 5. The number of carbonyl (C=O) groups excluding carboxylic acids is 1. The molecular formula is C20H19ClF3NO4S. The van der Waals surface area contributed by atoms with Crippen molar-refractivity contribution in [2.45, 2.75) is 23.9 Å². The Morgan fingerprint density at radius 3 is 2.23 bits per heavy atom. The van der Waals surface area contributed by atoms with Gasteiger partial charge in [-0.25, -0.2) is 8.42 Å². The number of Topliss-reactive ketones (excluding diaryl/α,β-unsaturated/α-hetero) is 1. The minimum absolute atomic E-state index is 0.0468. The van der Waals surface area contributed by atoms with Crippen LogP contribution in [-0.4, -0.2) is 38.7 Å². The fourth-order valence-corrected chi connectivity index (χ4v) is 5.27. The normalized spacial score (nSPS) is 16.4. The van der Waals surface area contributed by atoms with Crippen LogP contribution in [0.25, 0.3) is 0 Å². The van der Waals surface area contributed by atoms with E-state index in [1.165, 1.54) is 7.11 Å². The SMILES string of the molecule is COc1ccc(C(=O)C2CCN(S(=O)(=O)c3ccc(Cl)cc3C(F)(F)F)CC2)cc1. The van der Waals surface area contributed by atoms with Gasteiger partial charge in [0, 0.05) is 29.6 Å². The highest BCUT2D eigenvalue weighted by atomic mass is 35.5. The molecule has 10 heteroatoms. The predicted molar refractivity (Wildman–Crippen MR) is 105 cm³/mol. The summed E-state index contributed by atoms with van der Waals surface area (Å²) in [6.07, 6.45) is -4.42. The van der Waals surface area contributed by atoms with Gasteiger partial charge in [-0.2, -0.15) is 17.5 Å². The molecule has 162 valence electrons. The van der Waals surface area contributed by atoms with Crippen molar-refractivity contribution in [1.82, 2.24) is 4.31 Å². The van der Waals surface area contributed by atoms with E-state index in [0.717, 1.165) is 16.4 Å². The molecule has 0 N–H and O–H groups in total. The number of hydrogen-bond acceptors (Lipinski definition) is 4. The van der Waals surface area contributed by atoms with Crippen molar-refractivity contribution in [2.75, 3.05) is 20.2 Å². The average Bonchev–Trinajstić information content (AvgIpc) is 2.72. The molecule has 0 atom stereocenters. The molecule has 5 nitrogen and oxygen atoms in total. The lowest BCUT2D eigenvalue weighted by Crippen LogP contribution is -2.40. The van der Waals surface area contributed by atoms with Crippen LogP contribution in [0.4, 0.5) is 13.2 Å². The van der Waals surface area contributed by atoms with Crippen LogP contribution in [0.5, 0.6) is 5.75 Å². The number of sulfonamides is 1. The number of piperidine rings is 1. The molecular weight excluding hydrogens is 443 g/mol. The van der Waals surface area contributed by atoms with Gasteiger partial charge in [-0.3, -0.25) is 4.79 Å². The van der Waals surface area contributed by atoms with Gasteiger partial charge in [-0.15, -0.1) is 0 Å². The van der Waals surface area contributed by atoms with E-state index >= 15 is 0 Å². The number of nitrogens with zero attached hydrogens (tertiary/aromatic N) is 1. The monoisotopic (exact) mass is 461 g/mol. The molecule has 30 heavy (non-hydrogen) atoms. The first-order chi connectivity index (χ1) is 14.0. The highest BCUT2D eigenvalue weighted by Gasteiger charge is 2.40. The summed E-state index contributed by atoms with van der Waals surface area (Å²) in [6, 6.07) is 9.17. The molecule has 0 radical (unpaired) electrons. The van der Waals surface area contributed by atoms with Gasteiger partial charge in [0.25, 0.3) is 0 Å². The summed E-state index contributed by atoms with van der Waals surface area (Å²) >= 11 is 5.64. The van der Waals surface area contributed by atoms with Gasteiger partial charge < -0.3 is 4.74 Å². The second-order valence-corrected chi connectivity index (χ2v) is 9.25. The van der Waals surface area contributed by atoms with Gasteiger partial charge in [0.15, 0.2) is 5.78 Å². The summed E-state index contributed by atoms with van der Waals surface area (Å²) in [4.78, 5) is 11.8. The number of benzene rings is 2. The Balaban J connectivity index is 1.76. The molecule has 1 aliphatic rings. The molecule has 0 aliphatic carbocycles. The number of ether oxygens (including phenoxy) is 1. The van der Waals surface area contributed by atoms with Crippen LogP contribution in [0, 0.1) is 5.92 Å². The molecule has 0 amide bonds. The zero-order valence-electron chi connectivity index (χ0n) is 15.9. The number of halogens is 4. The molecule has 2 aromatic carbocycles. The van der Waals surface area contributed by atoms with Gasteiger partial charge in [0.2, 0.25) is 10.0 Å². The smallest absolute Gasteiger partial charge is 0.417 e. The molecule has 1 saturated heterocycles. The minimum atomic E-state index is -4.87. The van der Waals surface area contributed by atoms with Crippen LogP contribution in [0.1, 0.15) is 28.8 Å². The molecule has 1 aliphatic heterocycles. The third kappa shape index (κ3) is 4.63. The second-order valence-electron chi connectivity index (χ2n) is 6.91. The Labute approximate surface area is 177 Å². The molecule has 0 unspecified atom stereocenters. The highest BCUT2D eigenvalue weighted by molar-refractivity contribution is 7.89. The number of ketones is 1. The molecule has 1 fully saturated rings. The first kappa shape index (κ1) is 22.6. The fraction of sp³-hybridized carbons (Fsp3) is 0.350. The Hall–Kier alpha value is -2.10. The lowest BCUT2D eigenvalue weighted by atomic mass is 9.89. The van der Waals surface area contributed by atoms with E-state index in [2.05, 4.69) is 0 Å². The standard InChI is InChI=1S/C20H19ClF3NO4S/c1-29-16-5-2-13(3-6-16)19(26)14-8-10-25(11-9-14)30(27,28)18-7-4-15(21)12-17(18)20(22,23)24/h2-7,12,14H,8-11H2,1H3. The summed E-state index contributed by atoms with van der Waals surface area (Å²) < 4.78 is 71.8. The number of carbonyl (C=O) groups is 1. The Bertz CT molecular complexity index is 1030. The van der Waals surface area contributed by atoms with Crippen molar-refractivity contribution in [1.29, 1.82) is 0 Å². The van der Waals surface area contributed by atoms with Crippen LogP contribution >= 0.6 is 11.6 Å². The molecule has 3 rings (SSSR count). The quantitative estimate of drug-likeness (QED) is 0.608. The third-order valence-corrected chi connectivity index (χ3v) is 7.26. The van der Waals surface area contributed by atoms with Crippen molar-refractivity contribution in [3.63, 3.8) is 0 Å². The van der Waals surface area contributed by atoms with Gasteiger partial charge in [0.05, 0.1) is 17.6 Å². The van der Waals surface area contributed by atoms with Crippen LogP contribution in [0.2, 0.25) is 5.02 Å². The zero-order valence-corrected chi connectivity index (χ0v) is 17.5. The van der Waals surface area contributed by atoms with Crippen molar-refractivity contribution in [3.8, 4) is 5.75 Å². The maximum Gasteiger partial charge on any atom is 0.417 e. The topological polar surface area (TPSA) is 63.7 Å². The summed E-state index contributed by atoms with van der Waals surface area (Å²) in [5, 5.41) is -0.204. The van der Waals surface area contributed by atoms with Gasteiger partial charge in [-0.05, 0) is 55.3 Å². The van der Waals surface area contributed by atoms with E-state index in [0.29, 0.717) is 17.4 Å². The second kappa shape index (κ2) is 8.56. The molecule has 0 aromatic heterocycles. The van der Waals surface area contributed by atoms with Gasteiger partial charge in [-0.1, -0.05) is 11.6 Å². The Morgan fingerprint density at radius 2 is 1.70 bits per heavy atom. The lowest BCUT2D eigenvalue weighted by Gasteiger charge is -2.31.